The van der Waals surface area contributed by atoms with E-state index in [-0.39, 0.29) is 18.1 Å². The SMILES string of the molecule is CCCn1ccn(CC(=O)Nc2cccc(F)c2)c1=O. The van der Waals surface area contributed by atoms with Crippen LogP contribution in [0, 0.1) is 5.82 Å². The Hall–Kier alpha value is -2.37. The second-order valence-electron chi connectivity index (χ2n) is 4.46. The molecule has 0 atom stereocenters. The largest absolute Gasteiger partial charge is 0.328 e. The van der Waals surface area contributed by atoms with E-state index in [1.54, 1.807) is 23.0 Å². The number of rotatable bonds is 5. The highest BCUT2D eigenvalue weighted by Gasteiger charge is 2.08. The maximum absolute atomic E-state index is 13.0. The lowest BCUT2D eigenvalue weighted by Gasteiger charge is -2.05. The zero-order valence-electron chi connectivity index (χ0n) is 11.2. The molecule has 0 aliphatic carbocycles. The molecule has 1 heterocycles. The molecule has 0 spiro atoms. The summed E-state index contributed by atoms with van der Waals surface area (Å²) >= 11 is 0. The number of imidazole rings is 1. The highest BCUT2D eigenvalue weighted by molar-refractivity contribution is 5.90. The summed E-state index contributed by atoms with van der Waals surface area (Å²) in [5.41, 5.74) is 0.150. The van der Waals surface area contributed by atoms with Crippen LogP contribution >= 0.6 is 0 Å². The predicted molar refractivity (Wildman–Crippen MR) is 74.0 cm³/mol. The summed E-state index contributed by atoms with van der Waals surface area (Å²) in [7, 11) is 0. The van der Waals surface area contributed by atoms with Crippen molar-refractivity contribution in [3.63, 3.8) is 0 Å². The molecule has 0 aliphatic heterocycles. The van der Waals surface area contributed by atoms with E-state index in [9.17, 15) is 14.0 Å². The Morgan fingerprint density at radius 2 is 2.05 bits per heavy atom. The van der Waals surface area contributed by atoms with E-state index in [0.717, 1.165) is 6.42 Å². The smallest absolute Gasteiger partial charge is 0.324 e. The van der Waals surface area contributed by atoms with Gasteiger partial charge >= 0.3 is 5.69 Å². The minimum Gasteiger partial charge on any atom is -0.324 e. The molecule has 1 amide bonds. The van der Waals surface area contributed by atoms with Crippen molar-refractivity contribution >= 4 is 11.6 Å². The minimum absolute atomic E-state index is 0.0912. The summed E-state index contributed by atoms with van der Waals surface area (Å²) in [6.45, 7) is 2.50. The first kappa shape index (κ1) is 14.0. The van der Waals surface area contributed by atoms with Crippen molar-refractivity contribution in [3.8, 4) is 0 Å². The maximum atomic E-state index is 13.0. The number of nitrogens with one attached hydrogen (secondary N) is 1. The Kier molecular flexibility index (Phi) is 4.34. The van der Waals surface area contributed by atoms with Gasteiger partial charge in [-0.05, 0) is 24.6 Å². The molecule has 0 bridgehead atoms. The number of carbonyl (C=O) groups is 1. The van der Waals surface area contributed by atoms with Crippen LogP contribution in [0.3, 0.4) is 0 Å². The zero-order valence-corrected chi connectivity index (χ0v) is 11.2. The Labute approximate surface area is 115 Å². The lowest BCUT2D eigenvalue weighted by atomic mass is 10.3. The van der Waals surface area contributed by atoms with Crippen molar-refractivity contribution in [2.45, 2.75) is 26.4 Å². The zero-order chi connectivity index (χ0) is 14.5. The first-order valence-corrected chi connectivity index (χ1v) is 6.41. The second-order valence-corrected chi connectivity index (χ2v) is 4.46. The van der Waals surface area contributed by atoms with Crippen LogP contribution in [0.1, 0.15) is 13.3 Å². The molecule has 0 unspecified atom stereocenters. The monoisotopic (exact) mass is 277 g/mol. The fourth-order valence-corrected chi connectivity index (χ4v) is 1.91. The van der Waals surface area contributed by atoms with Gasteiger partial charge in [-0.25, -0.2) is 9.18 Å². The molecule has 2 aromatic rings. The van der Waals surface area contributed by atoms with E-state index in [1.165, 1.54) is 22.8 Å². The molecule has 0 radical (unpaired) electrons. The lowest BCUT2D eigenvalue weighted by Crippen LogP contribution is -2.29. The molecule has 0 aliphatic rings. The molecule has 5 nitrogen and oxygen atoms in total. The Morgan fingerprint density at radius 3 is 2.75 bits per heavy atom. The van der Waals surface area contributed by atoms with E-state index < -0.39 is 5.82 Å². The summed E-state index contributed by atoms with van der Waals surface area (Å²) in [5.74, 6) is -0.791. The topological polar surface area (TPSA) is 56.0 Å². The van der Waals surface area contributed by atoms with E-state index in [2.05, 4.69) is 5.32 Å². The van der Waals surface area contributed by atoms with E-state index in [1.807, 2.05) is 6.92 Å². The van der Waals surface area contributed by atoms with E-state index in [4.69, 9.17) is 0 Å². The number of hydrogen-bond acceptors (Lipinski definition) is 2. The second kappa shape index (κ2) is 6.18. The van der Waals surface area contributed by atoms with Crippen molar-refractivity contribution in [3.05, 3.63) is 53.0 Å². The van der Waals surface area contributed by atoms with Gasteiger partial charge in [-0.2, -0.15) is 0 Å². The summed E-state index contributed by atoms with van der Waals surface area (Å²) in [6, 6.07) is 5.62. The van der Waals surface area contributed by atoms with Gasteiger partial charge in [-0.3, -0.25) is 13.9 Å². The van der Waals surface area contributed by atoms with Gasteiger partial charge in [-0.1, -0.05) is 13.0 Å². The molecule has 1 aromatic carbocycles. The van der Waals surface area contributed by atoms with Crippen LogP contribution in [0.2, 0.25) is 0 Å². The van der Waals surface area contributed by atoms with Crippen LogP contribution in [0.5, 0.6) is 0 Å². The number of nitrogens with zero attached hydrogens (tertiary/aromatic N) is 2. The maximum Gasteiger partial charge on any atom is 0.328 e. The van der Waals surface area contributed by atoms with Crippen molar-refractivity contribution in [1.29, 1.82) is 0 Å². The Morgan fingerprint density at radius 1 is 1.30 bits per heavy atom. The summed E-state index contributed by atoms with van der Waals surface area (Å²) in [5, 5.41) is 2.55. The molecular formula is C14H16FN3O2. The first-order valence-electron chi connectivity index (χ1n) is 6.41. The number of aryl methyl sites for hydroxylation is 1. The van der Waals surface area contributed by atoms with Gasteiger partial charge in [0, 0.05) is 24.6 Å². The molecule has 0 fully saturated rings. The van der Waals surface area contributed by atoms with Crippen molar-refractivity contribution in [2.75, 3.05) is 5.32 Å². The Bertz CT molecular complexity index is 660. The number of hydrogen-bond donors (Lipinski definition) is 1. The van der Waals surface area contributed by atoms with Gasteiger partial charge in [0.25, 0.3) is 0 Å². The van der Waals surface area contributed by atoms with Gasteiger partial charge in [-0.15, -0.1) is 0 Å². The summed E-state index contributed by atoms with van der Waals surface area (Å²) < 4.78 is 15.9. The number of amides is 1. The number of benzene rings is 1. The molecule has 6 heteroatoms. The fourth-order valence-electron chi connectivity index (χ4n) is 1.91. The summed E-state index contributed by atoms with van der Waals surface area (Å²) in [4.78, 5) is 23.7. The third-order valence-corrected chi connectivity index (χ3v) is 2.80. The van der Waals surface area contributed by atoms with E-state index >= 15 is 0 Å². The average molecular weight is 277 g/mol. The number of halogens is 1. The molecular weight excluding hydrogens is 261 g/mol. The quantitative estimate of drug-likeness (QED) is 0.906. The van der Waals surface area contributed by atoms with Gasteiger partial charge in [0.05, 0.1) is 0 Å². The van der Waals surface area contributed by atoms with Crippen LogP contribution in [0.4, 0.5) is 10.1 Å². The van der Waals surface area contributed by atoms with Crippen LogP contribution in [0.15, 0.2) is 41.5 Å². The van der Waals surface area contributed by atoms with Gasteiger partial charge in [0.15, 0.2) is 0 Å². The molecule has 2 rings (SSSR count). The van der Waals surface area contributed by atoms with Gasteiger partial charge < -0.3 is 5.32 Å². The normalized spacial score (nSPS) is 10.5. The van der Waals surface area contributed by atoms with Crippen LogP contribution in [-0.4, -0.2) is 15.0 Å². The lowest BCUT2D eigenvalue weighted by molar-refractivity contribution is -0.116. The fraction of sp³-hybridized carbons (Fsp3) is 0.286. The van der Waals surface area contributed by atoms with E-state index in [0.29, 0.717) is 12.2 Å². The minimum atomic E-state index is -0.422. The van der Waals surface area contributed by atoms with Crippen LogP contribution in [0.25, 0.3) is 0 Å². The highest BCUT2D eigenvalue weighted by Crippen LogP contribution is 2.08. The van der Waals surface area contributed by atoms with Gasteiger partial charge in [0.1, 0.15) is 12.4 Å². The third kappa shape index (κ3) is 3.34. The van der Waals surface area contributed by atoms with Crippen molar-refractivity contribution < 1.29 is 9.18 Å². The number of aromatic nitrogens is 2. The van der Waals surface area contributed by atoms with Crippen molar-refractivity contribution in [1.82, 2.24) is 9.13 Å². The summed E-state index contributed by atoms with van der Waals surface area (Å²) in [6.07, 6.45) is 4.07. The van der Waals surface area contributed by atoms with Crippen molar-refractivity contribution in [2.24, 2.45) is 0 Å². The number of anilines is 1. The third-order valence-electron chi connectivity index (χ3n) is 2.80. The van der Waals surface area contributed by atoms with Crippen LogP contribution < -0.4 is 11.0 Å². The predicted octanol–water partition coefficient (Wildman–Crippen LogP) is 1.84. The first-order chi connectivity index (χ1) is 9.60. The molecule has 0 saturated heterocycles. The highest BCUT2D eigenvalue weighted by atomic mass is 19.1. The molecule has 106 valence electrons. The standard InChI is InChI=1S/C14H16FN3O2/c1-2-6-17-7-8-18(14(17)20)10-13(19)16-12-5-3-4-11(15)9-12/h3-5,7-9H,2,6,10H2,1H3,(H,16,19). The van der Waals surface area contributed by atoms with Crippen LogP contribution in [-0.2, 0) is 17.9 Å². The average Bonchev–Trinajstić information content (AvgIpc) is 2.72. The Balaban J connectivity index is 2.03. The van der Waals surface area contributed by atoms with Gasteiger partial charge in [0.2, 0.25) is 5.91 Å². The number of carbonyl (C=O) groups excluding carboxylic acids is 1. The molecule has 1 N–H and O–H groups in total. The molecule has 0 saturated carbocycles. The molecule has 1 aromatic heterocycles. The molecule has 20 heavy (non-hydrogen) atoms.